The van der Waals surface area contributed by atoms with E-state index in [-0.39, 0.29) is 13.0 Å². The fourth-order valence-electron chi connectivity index (χ4n) is 1.41. The molecule has 0 aliphatic heterocycles. The maximum atomic E-state index is 11.6. The van der Waals surface area contributed by atoms with Gasteiger partial charge in [0.15, 0.2) is 0 Å². The van der Waals surface area contributed by atoms with E-state index < -0.39 is 17.9 Å². The van der Waals surface area contributed by atoms with Crippen molar-refractivity contribution in [2.24, 2.45) is 0 Å². The second-order valence-electron chi connectivity index (χ2n) is 3.91. The average molecular weight is 318 g/mol. The van der Waals surface area contributed by atoms with Gasteiger partial charge in [0.25, 0.3) is 0 Å². The molecule has 0 radical (unpaired) electrons. The topological polar surface area (TPSA) is 86.6 Å². The maximum absolute atomic E-state index is 11.6. The van der Waals surface area contributed by atoms with Crippen LogP contribution in [-0.4, -0.2) is 34.7 Å². The first-order valence-electron chi connectivity index (χ1n) is 5.71. The summed E-state index contributed by atoms with van der Waals surface area (Å²) in [6.45, 7) is -0.332. The predicted octanol–water partition coefficient (Wildman–Crippen LogP) is 1.96. The number of aliphatic hydroxyl groups is 1. The Morgan fingerprint density at radius 1 is 1.35 bits per heavy atom. The standard InChI is InChI=1S/C13H13Cl2NO4/c14-9-2-3-10(15)8(7-9)1-4-12(18)16-11(5-6-17)13(19)20/h1-4,7,11,17H,5-6H2,(H,16,18)(H,19,20)/b4-1+/t11-/m0/s1. The summed E-state index contributed by atoms with van der Waals surface area (Å²) in [7, 11) is 0. The van der Waals surface area contributed by atoms with Crippen LogP contribution in [0.4, 0.5) is 0 Å². The van der Waals surface area contributed by atoms with Crippen molar-refractivity contribution in [3.05, 3.63) is 39.9 Å². The first-order chi connectivity index (χ1) is 9.43. The Morgan fingerprint density at radius 2 is 2.05 bits per heavy atom. The molecule has 108 valence electrons. The monoisotopic (exact) mass is 317 g/mol. The molecule has 0 bridgehead atoms. The Bertz CT molecular complexity index is 531. The smallest absolute Gasteiger partial charge is 0.326 e. The molecule has 1 aromatic carbocycles. The van der Waals surface area contributed by atoms with E-state index in [0.29, 0.717) is 15.6 Å². The highest BCUT2D eigenvalue weighted by atomic mass is 35.5. The lowest BCUT2D eigenvalue weighted by Gasteiger charge is -2.11. The van der Waals surface area contributed by atoms with Crippen LogP contribution in [0.1, 0.15) is 12.0 Å². The Hall–Kier alpha value is -1.56. The first-order valence-corrected chi connectivity index (χ1v) is 6.47. The fourth-order valence-corrected chi connectivity index (χ4v) is 1.78. The number of carboxylic acids is 1. The molecule has 3 N–H and O–H groups in total. The number of aliphatic carboxylic acids is 1. The highest BCUT2D eigenvalue weighted by Crippen LogP contribution is 2.21. The van der Waals surface area contributed by atoms with E-state index in [1.807, 2.05) is 0 Å². The van der Waals surface area contributed by atoms with Crippen LogP contribution in [0.15, 0.2) is 24.3 Å². The summed E-state index contributed by atoms with van der Waals surface area (Å²) in [5.74, 6) is -1.80. The Balaban J connectivity index is 2.72. The van der Waals surface area contributed by atoms with Gasteiger partial charge < -0.3 is 15.5 Å². The van der Waals surface area contributed by atoms with Gasteiger partial charge >= 0.3 is 5.97 Å². The number of amides is 1. The normalized spacial score (nSPS) is 12.3. The van der Waals surface area contributed by atoms with Crippen LogP contribution in [-0.2, 0) is 9.59 Å². The second kappa shape index (κ2) is 7.89. The molecule has 5 nitrogen and oxygen atoms in total. The number of nitrogens with one attached hydrogen (secondary N) is 1. The van der Waals surface area contributed by atoms with Gasteiger partial charge in [-0.2, -0.15) is 0 Å². The summed E-state index contributed by atoms with van der Waals surface area (Å²) in [4.78, 5) is 22.4. The molecule has 7 heteroatoms. The molecule has 0 fully saturated rings. The van der Waals surface area contributed by atoms with Crippen molar-refractivity contribution in [3.8, 4) is 0 Å². The van der Waals surface area contributed by atoms with Gasteiger partial charge in [0, 0.05) is 29.1 Å². The molecule has 0 aromatic heterocycles. The Labute approximate surface area is 125 Å². The summed E-state index contributed by atoms with van der Waals surface area (Å²) in [5.41, 5.74) is 0.545. The third kappa shape index (κ3) is 5.21. The van der Waals surface area contributed by atoms with Crippen molar-refractivity contribution in [2.75, 3.05) is 6.61 Å². The largest absolute Gasteiger partial charge is 0.480 e. The SMILES string of the molecule is O=C(/C=C/c1cc(Cl)ccc1Cl)N[C@@H](CCO)C(=O)O. The number of rotatable bonds is 6. The van der Waals surface area contributed by atoms with E-state index in [0.717, 1.165) is 6.08 Å². The highest BCUT2D eigenvalue weighted by molar-refractivity contribution is 6.34. The highest BCUT2D eigenvalue weighted by Gasteiger charge is 2.17. The van der Waals surface area contributed by atoms with E-state index >= 15 is 0 Å². The van der Waals surface area contributed by atoms with Crippen LogP contribution < -0.4 is 5.32 Å². The molecule has 0 saturated heterocycles. The molecular formula is C13H13Cl2NO4. The molecule has 1 amide bonds. The van der Waals surface area contributed by atoms with Crippen molar-refractivity contribution in [1.82, 2.24) is 5.32 Å². The van der Waals surface area contributed by atoms with Gasteiger partial charge in [0.1, 0.15) is 6.04 Å². The van der Waals surface area contributed by atoms with Crippen molar-refractivity contribution in [3.63, 3.8) is 0 Å². The van der Waals surface area contributed by atoms with E-state index in [1.165, 1.54) is 6.08 Å². The van der Waals surface area contributed by atoms with Crippen molar-refractivity contribution in [2.45, 2.75) is 12.5 Å². The minimum Gasteiger partial charge on any atom is -0.480 e. The molecule has 20 heavy (non-hydrogen) atoms. The zero-order valence-electron chi connectivity index (χ0n) is 10.3. The summed E-state index contributed by atoms with van der Waals surface area (Å²) in [6, 6.07) is 3.65. The predicted molar refractivity (Wildman–Crippen MR) is 76.8 cm³/mol. The number of halogens is 2. The van der Waals surface area contributed by atoms with Crippen LogP contribution in [0.2, 0.25) is 10.0 Å². The molecular weight excluding hydrogens is 305 g/mol. The first kappa shape index (κ1) is 16.5. The van der Waals surface area contributed by atoms with Gasteiger partial charge in [0.2, 0.25) is 5.91 Å². The third-order valence-corrected chi connectivity index (χ3v) is 2.98. The Kier molecular flexibility index (Phi) is 6.51. The number of carbonyl (C=O) groups is 2. The molecule has 1 atom stereocenters. The number of hydrogen-bond acceptors (Lipinski definition) is 3. The molecule has 0 saturated carbocycles. The van der Waals surface area contributed by atoms with Crippen LogP contribution in [0.25, 0.3) is 6.08 Å². The summed E-state index contributed by atoms with van der Waals surface area (Å²) in [6.07, 6.45) is 2.53. The minimum absolute atomic E-state index is 0.0627. The van der Waals surface area contributed by atoms with E-state index in [1.54, 1.807) is 18.2 Å². The molecule has 0 heterocycles. The molecule has 0 unspecified atom stereocenters. The summed E-state index contributed by atoms with van der Waals surface area (Å²) < 4.78 is 0. The molecule has 0 aliphatic rings. The van der Waals surface area contributed by atoms with E-state index in [2.05, 4.69) is 5.32 Å². The van der Waals surface area contributed by atoms with Gasteiger partial charge in [-0.3, -0.25) is 4.79 Å². The number of benzene rings is 1. The van der Waals surface area contributed by atoms with Crippen molar-refractivity contribution in [1.29, 1.82) is 0 Å². The maximum Gasteiger partial charge on any atom is 0.326 e. The van der Waals surface area contributed by atoms with Crippen molar-refractivity contribution >= 4 is 41.2 Å². The van der Waals surface area contributed by atoms with Crippen LogP contribution >= 0.6 is 23.2 Å². The lowest BCUT2D eigenvalue weighted by molar-refractivity contribution is -0.141. The van der Waals surface area contributed by atoms with Crippen molar-refractivity contribution < 1.29 is 19.8 Å². The third-order valence-electron chi connectivity index (χ3n) is 2.40. The van der Waals surface area contributed by atoms with Gasteiger partial charge in [-0.05, 0) is 29.8 Å². The van der Waals surface area contributed by atoms with Gasteiger partial charge in [-0.15, -0.1) is 0 Å². The second-order valence-corrected chi connectivity index (χ2v) is 4.75. The van der Waals surface area contributed by atoms with Crippen LogP contribution in [0.3, 0.4) is 0 Å². The average Bonchev–Trinajstić information content (AvgIpc) is 2.39. The van der Waals surface area contributed by atoms with Crippen LogP contribution in [0, 0.1) is 0 Å². The lowest BCUT2D eigenvalue weighted by atomic mass is 10.2. The number of carboxylic acid groups (broad SMARTS) is 1. The zero-order valence-corrected chi connectivity index (χ0v) is 11.9. The molecule has 1 rings (SSSR count). The van der Waals surface area contributed by atoms with Crippen LogP contribution in [0.5, 0.6) is 0 Å². The van der Waals surface area contributed by atoms with Gasteiger partial charge in [0.05, 0.1) is 0 Å². The summed E-state index contributed by atoms with van der Waals surface area (Å²) >= 11 is 11.7. The van der Waals surface area contributed by atoms with E-state index in [4.69, 9.17) is 33.4 Å². The quantitative estimate of drug-likeness (QED) is 0.700. The summed E-state index contributed by atoms with van der Waals surface area (Å²) in [5, 5.41) is 20.7. The minimum atomic E-state index is -1.21. The molecule has 1 aromatic rings. The number of hydrogen-bond donors (Lipinski definition) is 3. The van der Waals surface area contributed by atoms with Gasteiger partial charge in [-0.25, -0.2) is 4.79 Å². The zero-order chi connectivity index (χ0) is 15.1. The lowest BCUT2D eigenvalue weighted by Crippen LogP contribution is -2.40. The van der Waals surface area contributed by atoms with E-state index in [9.17, 15) is 9.59 Å². The number of aliphatic hydroxyl groups excluding tert-OH is 1. The fraction of sp³-hybridized carbons (Fsp3) is 0.231. The molecule has 0 aliphatic carbocycles. The molecule has 0 spiro atoms. The number of carbonyl (C=O) groups excluding carboxylic acids is 1. The Morgan fingerprint density at radius 3 is 2.65 bits per heavy atom. The van der Waals surface area contributed by atoms with Gasteiger partial charge in [-0.1, -0.05) is 23.2 Å².